The van der Waals surface area contributed by atoms with E-state index in [4.69, 9.17) is 0 Å². The number of likely N-dealkylation sites (tertiary alicyclic amines) is 1. The molecule has 1 heterocycles. The summed E-state index contributed by atoms with van der Waals surface area (Å²) in [5, 5.41) is 0. The third-order valence-electron chi connectivity index (χ3n) is 3.32. The summed E-state index contributed by atoms with van der Waals surface area (Å²) >= 11 is 0. The van der Waals surface area contributed by atoms with E-state index in [2.05, 4.69) is 11.5 Å². The van der Waals surface area contributed by atoms with Gasteiger partial charge in [-0.1, -0.05) is 12.5 Å². The van der Waals surface area contributed by atoms with Crippen molar-refractivity contribution in [3.63, 3.8) is 0 Å². The molecule has 0 bridgehead atoms. The van der Waals surface area contributed by atoms with Crippen LogP contribution >= 0.6 is 0 Å². The predicted molar refractivity (Wildman–Crippen MR) is 47.5 cm³/mol. The van der Waals surface area contributed by atoms with Gasteiger partial charge < -0.3 is 0 Å². The zero-order valence-corrected chi connectivity index (χ0v) is 7.18. The molecule has 0 amide bonds. The second-order valence-corrected chi connectivity index (χ2v) is 4.13. The van der Waals surface area contributed by atoms with Gasteiger partial charge in [-0.25, -0.2) is 0 Å². The Bertz CT molecular complexity index is 158. The molecule has 0 aromatic carbocycles. The van der Waals surface area contributed by atoms with Gasteiger partial charge in [0.15, 0.2) is 0 Å². The van der Waals surface area contributed by atoms with Crippen molar-refractivity contribution in [1.29, 1.82) is 0 Å². The van der Waals surface area contributed by atoms with Crippen molar-refractivity contribution in [2.45, 2.75) is 25.7 Å². The maximum atomic E-state index is 3.77. The molecule has 2 aliphatic rings. The molecule has 1 heteroatoms. The largest absolute Gasteiger partial charge is 0.299 e. The minimum atomic E-state index is 0.767. The van der Waals surface area contributed by atoms with Gasteiger partial charge >= 0.3 is 0 Å². The van der Waals surface area contributed by atoms with Gasteiger partial charge in [-0.05, 0) is 31.2 Å². The zero-order chi connectivity index (χ0) is 7.73. The topological polar surface area (TPSA) is 3.24 Å². The van der Waals surface area contributed by atoms with Gasteiger partial charge in [-0.15, -0.1) is 6.58 Å². The van der Waals surface area contributed by atoms with Crippen LogP contribution in [0.15, 0.2) is 12.7 Å². The molecule has 62 valence electrons. The van der Waals surface area contributed by atoms with Crippen molar-refractivity contribution in [2.24, 2.45) is 5.41 Å². The summed E-state index contributed by atoms with van der Waals surface area (Å²) in [6.07, 6.45) is 7.92. The molecule has 2 rings (SSSR count). The number of nitrogens with zero attached hydrogens (tertiary/aromatic N) is 1. The Hall–Kier alpha value is -0.300. The van der Waals surface area contributed by atoms with E-state index in [0.29, 0.717) is 0 Å². The second-order valence-electron chi connectivity index (χ2n) is 4.13. The normalized spacial score (nSPS) is 28.7. The lowest BCUT2D eigenvalue weighted by atomic mass is 9.68. The molecular weight excluding hydrogens is 134 g/mol. The van der Waals surface area contributed by atoms with Crippen LogP contribution in [0, 0.1) is 5.41 Å². The van der Waals surface area contributed by atoms with Crippen molar-refractivity contribution in [3.8, 4) is 0 Å². The lowest BCUT2D eigenvalue weighted by Gasteiger charge is -2.38. The van der Waals surface area contributed by atoms with E-state index in [9.17, 15) is 0 Å². The number of hydrogen-bond donors (Lipinski definition) is 0. The summed E-state index contributed by atoms with van der Waals surface area (Å²) in [7, 11) is 0. The zero-order valence-electron chi connectivity index (χ0n) is 7.18. The van der Waals surface area contributed by atoms with E-state index in [0.717, 1.165) is 12.0 Å². The maximum absolute atomic E-state index is 3.77. The highest BCUT2D eigenvalue weighted by molar-refractivity contribution is 4.96. The van der Waals surface area contributed by atoms with E-state index >= 15 is 0 Å². The molecule has 0 aromatic heterocycles. The molecule has 1 spiro atoms. The average molecular weight is 151 g/mol. The Morgan fingerprint density at radius 3 is 2.64 bits per heavy atom. The summed E-state index contributed by atoms with van der Waals surface area (Å²) in [4.78, 5) is 2.53. The molecule has 11 heavy (non-hydrogen) atoms. The molecular formula is C10H17N. The lowest BCUT2D eigenvalue weighted by Crippen LogP contribution is -2.33. The molecule has 0 unspecified atom stereocenters. The van der Waals surface area contributed by atoms with Gasteiger partial charge in [0.25, 0.3) is 0 Å². The second kappa shape index (κ2) is 2.63. The molecule has 1 saturated heterocycles. The van der Waals surface area contributed by atoms with E-state index in [-0.39, 0.29) is 0 Å². The molecule has 0 N–H and O–H groups in total. The van der Waals surface area contributed by atoms with Gasteiger partial charge in [0.1, 0.15) is 0 Å². The highest BCUT2D eigenvalue weighted by atomic mass is 15.2. The SMILES string of the molecule is C=CCN1CCC2(CCC2)C1. The van der Waals surface area contributed by atoms with Crippen LogP contribution in [0.25, 0.3) is 0 Å². The summed E-state index contributed by atoms with van der Waals surface area (Å²) in [5.41, 5.74) is 0.767. The third kappa shape index (κ3) is 1.22. The lowest BCUT2D eigenvalue weighted by molar-refractivity contribution is 0.142. The van der Waals surface area contributed by atoms with Crippen molar-refractivity contribution >= 4 is 0 Å². The van der Waals surface area contributed by atoms with Gasteiger partial charge in [0.2, 0.25) is 0 Å². The van der Waals surface area contributed by atoms with Gasteiger partial charge in [-0.3, -0.25) is 4.90 Å². The van der Waals surface area contributed by atoms with Crippen molar-refractivity contribution in [3.05, 3.63) is 12.7 Å². The highest BCUT2D eigenvalue weighted by Gasteiger charge is 2.41. The summed E-state index contributed by atoms with van der Waals surface area (Å²) in [6, 6.07) is 0. The van der Waals surface area contributed by atoms with E-state index in [1.807, 2.05) is 6.08 Å². The Kier molecular flexibility index (Phi) is 1.76. The summed E-state index contributed by atoms with van der Waals surface area (Å²) < 4.78 is 0. The van der Waals surface area contributed by atoms with E-state index in [1.165, 1.54) is 38.8 Å². The first kappa shape index (κ1) is 7.35. The van der Waals surface area contributed by atoms with Gasteiger partial charge in [0.05, 0.1) is 0 Å². The Labute approximate surface area is 69.1 Å². The summed E-state index contributed by atoms with van der Waals surface area (Å²) in [5.74, 6) is 0. The Morgan fingerprint density at radius 2 is 2.18 bits per heavy atom. The first-order valence-corrected chi connectivity index (χ1v) is 4.68. The molecule has 0 atom stereocenters. The standard InChI is InChI=1S/C10H17N/c1-2-7-11-8-6-10(9-11)4-3-5-10/h2H,1,3-9H2. The molecule has 1 saturated carbocycles. The monoisotopic (exact) mass is 151 g/mol. The first-order chi connectivity index (χ1) is 5.35. The predicted octanol–water partition coefficient (Wildman–Crippen LogP) is 2.05. The van der Waals surface area contributed by atoms with Gasteiger partial charge in [0, 0.05) is 13.1 Å². The van der Waals surface area contributed by atoms with Crippen molar-refractivity contribution in [2.75, 3.05) is 19.6 Å². The van der Waals surface area contributed by atoms with E-state index in [1.54, 1.807) is 0 Å². The quantitative estimate of drug-likeness (QED) is 0.546. The van der Waals surface area contributed by atoms with Crippen LogP contribution in [-0.2, 0) is 0 Å². The van der Waals surface area contributed by atoms with Gasteiger partial charge in [-0.2, -0.15) is 0 Å². The molecule has 2 fully saturated rings. The first-order valence-electron chi connectivity index (χ1n) is 4.68. The molecule has 0 radical (unpaired) electrons. The van der Waals surface area contributed by atoms with E-state index < -0.39 is 0 Å². The Balaban J connectivity index is 1.87. The van der Waals surface area contributed by atoms with Crippen LogP contribution in [-0.4, -0.2) is 24.5 Å². The average Bonchev–Trinajstić information content (AvgIpc) is 2.32. The minimum absolute atomic E-state index is 0.767. The minimum Gasteiger partial charge on any atom is -0.299 e. The molecule has 0 aromatic rings. The number of hydrogen-bond acceptors (Lipinski definition) is 1. The van der Waals surface area contributed by atoms with Crippen molar-refractivity contribution < 1.29 is 0 Å². The van der Waals surface area contributed by atoms with Crippen molar-refractivity contribution in [1.82, 2.24) is 4.90 Å². The van der Waals surface area contributed by atoms with Crippen LogP contribution in [0.1, 0.15) is 25.7 Å². The van der Waals surface area contributed by atoms with Crippen LogP contribution in [0.5, 0.6) is 0 Å². The smallest absolute Gasteiger partial charge is 0.0160 e. The fraction of sp³-hybridized carbons (Fsp3) is 0.800. The third-order valence-corrected chi connectivity index (χ3v) is 3.32. The highest BCUT2D eigenvalue weighted by Crippen LogP contribution is 2.47. The van der Waals surface area contributed by atoms with Crippen LogP contribution in [0.3, 0.4) is 0 Å². The molecule has 1 aliphatic heterocycles. The Morgan fingerprint density at radius 1 is 1.36 bits per heavy atom. The summed E-state index contributed by atoms with van der Waals surface area (Å²) in [6.45, 7) is 7.53. The maximum Gasteiger partial charge on any atom is 0.0160 e. The fourth-order valence-electron chi connectivity index (χ4n) is 2.45. The number of rotatable bonds is 2. The molecule has 1 nitrogen and oxygen atoms in total. The van der Waals surface area contributed by atoms with Crippen LogP contribution < -0.4 is 0 Å². The fourth-order valence-corrected chi connectivity index (χ4v) is 2.45. The van der Waals surface area contributed by atoms with Crippen LogP contribution in [0.2, 0.25) is 0 Å². The van der Waals surface area contributed by atoms with Crippen LogP contribution in [0.4, 0.5) is 0 Å². The molecule has 1 aliphatic carbocycles.